The molecule has 0 atom stereocenters. The van der Waals surface area contributed by atoms with E-state index in [0.717, 1.165) is 29.5 Å². The van der Waals surface area contributed by atoms with Crippen molar-refractivity contribution in [2.24, 2.45) is 10.7 Å². The molecule has 112 valence electrons. The van der Waals surface area contributed by atoms with Crippen molar-refractivity contribution in [1.82, 2.24) is 9.97 Å². The molecule has 0 saturated carbocycles. The topological polar surface area (TPSA) is 90.5 Å². The SMILES string of the molecule is NC1=NCCCc2c(cccc2-c2cncnc2)C(=O)CO1. The number of fused-ring (bicyclic) bond motifs is 1. The monoisotopic (exact) mass is 296 g/mol. The van der Waals surface area contributed by atoms with Gasteiger partial charge in [-0.1, -0.05) is 18.2 Å². The fourth-order valence-electron chi connectivity index (χ4n) is 2.53. The summed E-state index contributed by atoms with van der Waals surface area (Å²) in [5, 5.41) is 0. The lowest BCUT2D eigenvalue weighted by Gasteiger charge is -2.15. The van der Waals surface area contributed by atoms with Crippen LogP contribution in [0.3, 0.4) is 0 Å². The lowest BCUT2D eigenvalue weighted by molar-refractivity contribution is 0.0910. The van der Waals surface area contributed by atoms with E-state index in [9.17, 15) is 4.79 Å². The second-order valence-corrected chi connectivity index (χ2v) is 4.99. The third kappa shape index (κ3) is 2.95. The van der Waals surface area contributed by atoms with Crippen molar-refractivity contribution in [1.29, 1.82) is 0 Å². The summed E-state index contributed by atoms with van der Waals surface area (Å²) in [7, 11) is 0. The summed E-state index contributed by atoms with van der Waals surface area (Å²) < 4.78 is 5.19. The van der Waals surface area contributed by atoms with Crippen molar-refractivity contribution in [3.63, 3.8) is 0 Å². The van der Waals surface area contributed by atoms with E-state index in [1.54, 1.807) is 12.4 Å². The Labute approximate surface area is 128 Å². The molecule has 0 unspecified atom stereocenters. The van der Waals surface area contributed by atoms with Crippen LogP contribution in [0, 0.1) is 0 Å². The Hall–Kier alpha value is -2.76. The molecule has 0 aliphatic carbocycles. The van der Waals surface area contributed by atoms with E-state index in [2.05, 4.69) is 15.0 Å². The Kier molecular flexibility index (Phi) is 4.09. The van der Waals surface area contributed by atoms with E-state index in [-0.39, 0.29) is 18.4 Å². The number of carbonyl (C=O) groups excluding carboxylic acids is 1. The fraction of sp³-hybridized carbons (Fsp3) is 0.250. The third-order valence-electron chi connectivity index (χ3n) is 3.55. The molecule has 0 radical (unpaired) electrons. The summed E-state index contributed by atoms with van der Waals surface area (Å²) in [6, 6.07) is 5.74. The molecule has 0 fully saturated rings. The molecule has 2 heterocycles. The van der Waals surface area contributed by atoms with Crippen LogP contribution in [0.1, 0.15) is 22.3 Å². The highest BCUT2D eigenvalue weighted by molar-refractivity contribution is 6.01. The number of benzene rings is 1. The molecule has 1 aliphatic heterocycles. The number of carbonyl (C=O) groups is 1. The van der Waals surface area contributed by atoms with Crippen molar-refractivity contribution in [2.45, 2.75) is 12.8 Å². The van der Waals surface area contributed by atoms with Crippen LogP contribution in [0.2, 0.25) is 0 Å². The largest absolute Gasteiger partial charge is 0.457 e. The second-order valence-electron chi connectivity index (χ2n) is 4.99. The predicted molar refractivity (Wildman–Crippen MR) is 82.6 cm³/mol. The number of aromatic nitrogens is 2. The average Bonchev–Trinajstić information content (AvgIpc) is 2.57. The first-order valence-corrected chi connectivity index (χ1v) is 7.09. The fourth-order valence-corrected chi connectivity index (χ4v) is 2.53. The number of ketones is 1. The first-order valence-electron chi connectivity index (χ1n) is 7.09. The number of hydrogen-bond donors (Lipinski definition) is 1. The van der Waals surface area contributed by atoms with Gasteiger partial charge in [-0.15, -0.1) is 0 Å². The van der Waals surface area contributed by atoms with E-state index in [0.29, 0.717) is 12.1 Å². The quantitative estimate of drug-likeness (QED) is 0.863. The number of hydrogen-bond acceptors (Lipinski definition) is 6. The standard InChI is InChI=1S/C16H16N4O2/c17-16-20-6-2-5-13-12(11-7-18-10-19-8-11)3-1-4-14(13)15(21)9-22-16/h1,3-4,7-8,10H,2,5-6,9H2,(H2,17,20). The third-order valence-corrected chi connectivity index (χ3v) is 3.55. The van der Waals surface area contributed by atoms with Crippen LogP contribution in [0.5, 0.6) is 0 Å². The first-order chi connectivity index (χ1) is 10.8. The van der Waals surface area contributed by atoms with Crippen molar-refractivity contribution in [3.05, 3.63) is 48.0 Å². The molecule has 1 aromatic heterocycles. The average molecular weight is 296 g/mol. The van der Waals surface area contributed by atoms with Gasteiger partial charge in [-0.3, -0.25) is 4.79 Å². The van der Waals surface area contributed by atoms with Crippen LogP contribution < -0.4 is 5.73 Å². The minimum absolute atomic E-state index is 0.0735. The molecule has 6 nitrogen and oxygen atoms in total. The van der Waals surface area contributed by atoms with E-state index >= 15 is 0 Å². The molecule has 2 N–H and O–H groups in total. The maximum absolute atomic E-state index is 12.4. The number of rotatable bonds is 1. The molecule has 3 rings (SSSR count). The van der Waals surface area contributed by atoms with E-state index in [4.69, 9.17) is 10.5 Å². The Morgan fingerprint density at radius 1 is 1.14 bits per heavy atom. The Bertz CT molecular complexity index is 713. The summed E-state index contributed by atoms with van der Waals surface area (Å²) in [4.78, 5) is 24.6. The molecular weight excluding hydrogens is 280 g/mol. The van der Waals surface area contributed by atoms with Gasteiger partial charge in [0.1, 0.15) is 6.33 Å². The molecular formula is C16H16N4O2. The molecule has 0 amide bonds. The number of aliphatic imine (C=N–C) groups is 1. The summed E-state index contributed by atoms with van der Waals surface area (Å²) in [5.74, 6) is -0.103. The number of Topliss-reactive ketones (excluding diaryl/α,β-unsaturated/α-hetero) is 1. The Morgan fingerprint density at radius 3 is 2.73 bits per heavy atom. The van der Waals surface area contributed by atoms with Gasteiger partial charge < -0.3 is 10.5 Å². The van der Waals surface area contributed by atoms with Gasteiger partial charge >= 0.3 is 0 Å². The molecule has 6 heteroatoms. The zero-order valence-corrected chi connectivity index (χ0v) is 12.0. The maximum Gasteiger partial charge on any atom is 0.282 e. The van der Waals surface area contributed by atoms with Crippen LogP contribution in [-0.4, -0.2) is 34.9 Å². The van der Waals surface area contributed by atoms with Gasteiger partial charge in [-0.25, -0.2) is 15.0 Å². The van der Waals surface area contributed by atoms with Gasteiger partial charge in [0.25, 0.3) is 6.02 Å². The zero-order chi connectivity index (χ0) is 15.4. The molecule has 1 aromatic carbocycles. The van der Waals surface area contributed by atoms with E-state index in [1.807, 2.05) is 18.2 Å². The van der Waals surface area contributed by atoms with Crippen molar-refractivity contribution in [3.8, 4) is 11.1 Å². The van der Waals surface area contributed by atoms with Crippen molar-refractivity contribution >= 4 is 11.8 Å². The first kappa shape index (κ1) is 14.2. The number of nitrogens with two attached hydrogens (primary N) is 1. The Balaban J connectivity index is 2.05. The second kappa shape index (κ2) is 6.34. The molecule has 1 aliphatic rings. The van der Waals surface area contributed by atoms with Gasteiger partial charge in [0, 0.05) is 30.1 Å². The molecule has 0 bridgehead atoms. The summed E-state index contributed by atoms with van der Waals surface area (Å²) >= 11 is 0. The summed E-state index contributed by atoms with van der Waals surface area (Å²) in [5.41, 5.74) is 9.11. The lowest BCUT2D eigenvalue weighted by Crippen LogP contribution is -2.23. The molecule has 0 saturated heterocycles. The number of amidine groups is 1. The highest BCUT2D eigenvalue weighted by Crippen LogP contribution is 2.27. The van der Waals surface area contributed by atoms with Gasteiger partial charge in [0.05, 0.1) is 0 Å². The predicted octanol–water partition coefficient (Wildman–Crippen LogP) is 1.60. The van der Waals surface area contributed by atoms with Gasteiger partial charge in [0.15, 0.2) is 6.61 Å². The van der Waals surface area contributed by atoms with E-state index in [1.165, 1.54) is 6.33 Å². The number of ether oxygens (including phenoxy) is 1. The molecule has 0 spiro atoms. The van der Waals surface area contributed by atoms with Gasteiger partial charge in [-0.2, -0.15) is 0 Å². The minimum Gasteiger partial charge on any atom is -0.457 e. The lowest BCUT2D eigenvalue weighted by atomic mass is 9.92. The summed E-state index contributed by atoms with van der Waals surface area (Å²) in [6.45, 7) is 0.468. The highest BCUT2D eigenvalue weighted by atomic mass is 16.5. The van der Waals surface area contributed by atoms with Gasteiger partial charge in [-0.05, 0) is 24.0 Å². The van der Waals surface area contributed by atoms with Crippen LogP contribution in [0.4, 0.5) is 0 Å². The molecule has 22 heavy (non-hydrogen) atoms. The number of nitrogens with zero attached hydrogens (tertiary/aromatic N) is 3. The highest BCUT2D eigenvalue weighted by Gasteiger charge is 2.17. The maximum atomic E-state index is 12.4. The van der Waals surface area contributed by atoms with Crippen LogP contribution >= 0.6 is 0 Å². The van der Waals surface area contributed by atoms with Crippen LogP contribution in [0.15, 0.2) is 41.9 Å². The van der Waals surface area contributed by atoms with Crippen LogP contribution in [-0.2, 0) is 11.2 Å². The zero-order valence-electron chi connectivity index (χ0n) is 12.0. The minimum atomic E-state index is -0.103. The smallest absolute Gasteiger partial charge is 0.282 e. The normalized spacial score (nSPS) is 15.5. The van der Waals surface area contributed by atoms with Crippen molar-refractivity contribution < 1.29 is 9.53 Å². The van der Waals surface area contributed by atoms with Gasteiger partial charge in [0.2, 0.25) is 5.78 Å². The van der Waals surface area contributed by atoms with Crippen molar-refractivity contribution in [2.75, 3.05) is 13.2 Å². The van der Waals surface area contributed by atoms with Crippen LogP contribution in [0.25, 0.3) is 11.1 Å². The van der Waals surface area contributed by atoms with E-state index < -0.39 is 0 Å². The summed E-state index contributed by atoms with van der Waals surface area (Å²) in [6.07, 6.45) is 6.51. The molecule has 2 aromatic rings. The Morgan fingerprint density at radius 2 is 1.91 bits per heavy atom.